The Morgan fingerprint density at radius 2 is 2.23 bits per heavy atom. The van der Waals surface area contributed by atoms with E-state index in [0.29, 0.717) is 0 Å². The van der Waals surface area contributed by atoms with E-state index in [1.54, 1.807) is 0 Å². The number of aromatic hydroxyl groups is 1. The zero-order valence-electron chi connectivity index (χ0n) is 6.85. The summed E-state index contributed by atoms with van der Waals surface area (Å²) < 4.78 is 4.71. The third-order valence-electron chi connectivity index (χ3n) is 1.52. The third-order valence-corrected chi connectivity index (χ3v) is 1.52. The molecule has 70 valence electrons. The minimum absolute atomic E-state index is 0.0281. The molecule has 0 atom stereocenters. The second-order valence-electron chi connectivity index (χ2n) is 2.34. The van der Waals surface area contributed by atoms with Crippen LogP contribution in [-0.2, 0) is 0 Å². The first-order chi connectivity index (χ1) is 6.06. The van der Waals surface area contributed by atoms with E-state index in [1.807, 2.05) is 0 Å². The SMILES string of the molecule is COc1cc(N)c(O)cc1[N+](=O)[O-]. The molecule has 13 heavy (non-hydrogen) atoms. The Labute approximate surface area is 73.7 Å². The molecule has 0 heterocycles. The van der Waals surface area contributed by atoms with E-state index in [4.69, 9.17) is 15.6 Å². The van der Waals surface area contributed by atoms with Crippen LogP contribution in [0.25, 0.3) is 0 Å². The molecule has 0 aliphatic rings. The molecule has 0 aliphatic heterocycles. The van der Waals surface area contributed by atoms with Gasteiger partial charge >= 0.3 is 5.69 Å². The number of nitro benzene ring substituents is 1. The van der Waals surface area contributed by atoms with Crippen molar-refractivity contribution < 1.29 is 14.8 Å². The van der Waals surface area contributed by atoms with Gasteiger partial charge in [-0.3, -0.25) is 10.1 Å². The maximum Gasteiger partial charge on any atom is 0.314 e. The van der Waals surface area contributed by atoms with E-state index in [-0.39, 0.29) is 22.9 Å². The van der Waals surface area contributed by atoms with Crippen LogP contribution in [0.3, 0.4) is 0 Å². The second-order valence-corrected chi connectivity index (χ2v) is 2.34. The first-order valence-corrected chi connectivity index (χ1v) is 3.37. The molecule has 0 unspecified atom stereocenters. The van der Waals surface area contributed by atoms with Gasteiger partial charge in [0, 0.05) is 6.07 Å². The Morgan fingerprint density at radius 3 is 2.69 bits per heavy atom. The van der Waals surface area contributed by atoms with Gasteiger partial charge in [-0.15, -0.1) is 0 Å². The quantitative estimate of drug-likeness (QED) is 0.308. The van der Waals surface area contributed by atoms with E-state index < -0.39 is 4.92 Å². The highest BCUT2D eigenvalue weighted by molar-refractivity contribution is 5.63. The number of ether oxygens (including phenoxy) is 1. The van der Waals surface area contributed by atoms with Crippen molar-refractivity contribution in [3.8, 4) is 11.5 Å². The summed E-state index contributed by atoms with van der Waals surface area (Å²) in [5, 5.41) is 19.5. The lowest BCUT2D eigenvalue weighted by Crippen LogP contribution is -1.95. The largest absolute Gasteiger partial charge is 0.506 e. The summed E-state index contributed by atoms with van der Waals surface area (Å²) in [6, 6.07) is 2.15. The third kappa shape index (κ3) is 1.61. The Hall–Kier alpha value is -1.98. The van der Waals surface area contributed by atoms with Gasteiger partial charge in [-0.2, -0.15) is 0 Å². The average molecular weight is 184 g/mol. The van der Waals surface area contributed by atoms with Gasteiger partial charge in [-0.1, -0.05) is 0 Å². The van der Waals surface area contributed by atoms with E-state index >= 15 is 0 Å². The molecule has 0 saturated heterocycles. The highest BCUT2D eigenvalue weighted by atomic mass is 16.6. The molecular weight excluding hydrogens is 176 g/mol. The number of methoxy groups -OCH3 is 1. The van der Waals surface area contributed by atoms with Gasteiger partial charge in [0.2, 0.25) is 0 Å². The molecule has 0 spiro atoms. The smallest absolute Gasteiger partial charge is 0.314 e. The number of rotatable bonds is 2. The topological polar surface area (TPSA) is 98.6 Å². The van der Waals surface area contributed by atoms with Gasteiger partial charge in [-0.05, 0) is 0 Å². The number of nitrogen functional groups attached to an aromatic ring is 1. The van der Waals surface area contributed by atoms with Crippen molar-refractivity contribution in [3.05, 3.63) is 22.2 Å². The average Bonchev–Trinajstić information content (AvgIpc) is 2.08. The number of hydrogen-bond acceptors (Lipinski definition) is 5. The Kier molecular flexibility index (Phi) is 2.23. The fourth-order valence-corrected chi connectivity index (χ4v) is 0.879. The first-order valence-electron chi connectivity index (χ1n) is 3.37. The van der Waals surface area contributed by atoms with E-state index in [1.165, 1.54) is 13.2 Å². The van der Waals surface area contributed by atoms with E-state index in [0.717, 1.165) is 6.07 Å². The van der Waals surface area contributed by atoms with Crippen LogP contribution < -0.4 is 10.5 Å². The molecule has 6 heteroatoms. The molecule has 0 radical (unpaired) electrons. The molecule has 6 nitrogen and oxygen atoms in total. The van der Waals surface area contributed by atoms with Crippen LogP contribution in [0, 0.1) is 10.1 Å². The molecule has 0 fully saturated rings. The zero-order valence-corrected chi connectivity index (χ0v) is 6.85. The van der Waals surface area contributed by atoms with Crippen molar-refractivity contribution >= 4 is 11.4 Å². The molecule has 0 aliphatic carbocycles. The summed E-state index contributed by atoms with van der Waals surface area (Å²) in [7, 11) is 1.29. The van der Waals surface area contributed by atoms with Crippen molar-refractivity contribution in [1.82, 2.24) is 0 Å². The zero-order chi connectivity index (χ0) is 10.0. The summed E-state index contributed by atoms with van der Waals surface area (Å²) in [5.41, 5.74) is 5.05. The molecule has 1 rings (SSSR count). The number of nitro groups is 1. The van der Waals surface area contributed by atoms with Crippen LogP contribution in [0.15, 0.2) is 12.1 Å². The van der Waals surface area contributed by atoms with Crippen LogP contribution in [0.1, 0.15) is 0 Å². The highest BCUT2D eigenvalue weighted by Gasteiger charge is 2.17. The summed E-state index contributed by atoms with van der Waals surface area (Å²) in [4.78, 5) is 9.76. The maximum atomic E-state index is 10.4. The highest BCUT2D eigenvalue weighted by Crippen LogP contribution is 2.34. The fourth-order valence-electron chi connectivity index (χ4n) is 0.879. The molecule has 0 amide bonds. The van der Waals surface area contributed by atoms with Gasteiger partial charge in [0.25, 0.3) is 0 Å². The monoisotopic (exact) mass is 184 g/mol. The Bertz CT molecular complexity index is 351. The lowest BCUT2D eigenvalue weighted by molar-refractivity contribution is -0.385. The molecule has 3 N–H and O–H groups in total. The lowest BCUT2D eigenvalue weighted by Gasteiger charge is -2.03. The summed E-state index contributed by atoms with van der Waals surface area (Å²) in [5.74, 6) is -0.298. The van der Waals surface area contributed by atoms with Crippen LogP contribution in [0.4, 0.5) is 11.4 Å². The van der Waals surface area contributed by atoms with Gasteiger partial charge in [-0.25, -0.2) is 0 Å². The van der Waals surface area contributed by atoms with E-state index in [9.17, 15) is 10.1 Å². The normalized spacial score (nSPS) is 9.62. The van der Waals surface area contributed by atoms with Crippen LogP contribution in [0.5, 0.6) is 11.5 Å². The van der Waals surface area contributed by atoms with Crippen molar-refractivity contribution in [2.24, 2.45) is 0 Å². The minimum atomic E-state index is -0.655. The predicted octanol–water partition coefficient (Wildman–Crippen LogP) is 0.891. The van der Waals surface area contributed by atoms with Crippen molar-refractivity contribution in [3.63, 3.8) is 0 Å². The molecule has 0 aromatic heterocycles. The molecular formula is C7H8N2O4. The second kappa shape index (κ2) is 3.18. The number of phenolic OH excluding ortho intramolecular Hbond substituents is 1. The first kappa shape index (κ1) is 9.11. The minimum Gasteiger partial charge on any atom is -0.506 e. The molecule has 1 aromatic rings. The van der Waals surface area contributed by atoms with Gasteiger partial charge in [0.05, 0.1) is 23.8 Å². The van der Waals surface area contributed by atoms with Gasteiger partial charge in [0.1, 0.15) is 5.75 Å². The lowest BCUT2D eigenvalue weighted by atomic mass is 10.2. The Balaban J connectivity index is 3.33. The van der Waals surface area contributed by atoms with Gasteiger partial charge < -0.3 is 15.6 Å². The summed E-state index contributed by atoms with van der Waals surface area (Å²) in [6.45, 7) is 0. The van der Waals surface area contributed by atoms with Crippen molar-refractivity contribution in [2.75, 3.05) is 12.8 Å². The number of nitrogens with zero attached hydrogens (tertiary/aromatic N) is 1. The van der Waals surface area contributed by atoms with Crippen LogP contribution >= 0.6 is 0 Å². The number of anilines is 1. The number of benzene rings is 1. The van der Waals surface area contributed by atoms with Gasteiger partial charge in [0.15, 0.2) is 5.75 Å². The number of phenols is 1. The van der Waals surface area contributed by atoms with Crippen LogP contribution in [0.2, 0.25) is 0 Å². The molecule has 1 aromatic carbocycles. The Morgan fingerprint density at radius 1 is 1.62 bits per heavy atom. The summed E-state index contributed by atoms with van der Waals surface area (Å²) >= 11 is 0. The van der Waals surface area contributed by atoms with E-state index in [2.05, 4.69) is 0 Å². The number of hydrogen-bond donors (Lipinski definition) is 2. The maximum absolute atomic E-state index is 10.4. The standard InChI is InChI=1S/C7H8N2O4/c1-13-7-2-4(8)6(10)3-5(7)9(11)12/h2-3,10H,8H2,1H3. The van der Waals surface area contributed by atoms with Crippen LogP contribution in [-0.4, -0.2) is 17.1 Å². The van der Waals surface area contributed by atoms with Crippen molar-refractivity contribution in [1.29, 1.82) is 0 Å². The summed E-state index contributed by atoms with van der Waals surface area (Å²) in [6.07, 6.45) is 0. The fraction of sp³-hybridized carbons (Fsp3) is 0.143. The predicted molar refractivity (Wildman–Crippen MR) is 45.7 cm³/mol. The number of nitrogens with two attached hydrogens (primary N) is 1. The molecule has 0 saturated carbocycles. The molecule has 0 bridgehead atoms. The van der Waals surface area contributed by atoms with Crippen molar-refractivity contribution in [2.45, 2.75) is 0 Å².